The van der Waals surface area contributed by atoms with Crippen LogP contribution in [0.25, 0.3) is 0 Å². The summed E-state index contributed by atoms with van der Waals surface area (Å²) >= 11 is 0. The van der Waals surface area contributed by atoms with E-state index in [1.165, 1.54) is 0 Å². The molecule has 16 heavy (non-hydrogen) atoms. The molecule has 4 nitrogen and oxygen atoms in total. The summed E-state index contributed by atoms with van der Waals surface area (Å²) in [5.74, 6) is 1.49. The first kappa shape index (κ1) is 11.6. The van der Waals surface area contributed by atoms with Gasteiger partial charge in [0, 0.05) is 7.11 Å². The Hall–Kier alpha value is -0.900. The first-order chi connectivity index (χ1) is 7.57. The van der Waals surface area contributed by atoms with E-state index in [4.69, 9.17) is 4.74 Å². The number of amidine groups is 1. The maximum atomic E-state index is 11.5. The van der Waals surface area contributed by atoms with Crippen molar-refractivity contribution in [1.82, 2.24) is 5.32 Å². The third kappa shape index (κ3) is 1.86. The van der Waals surface area contributed by atoms with Gasteiger partial charge in [0.15, 0.2) is 0 Å². The number of aliphatic imine (C=N–C) groups is 1. The molecule has 1 N–H and O–H groups in total. The Labute approximate surface area is 96.5 Å². The summed E-state index contributed by atoms with van der Waals surface area (Å²) in [6.07, 6.45) is 4.18. The van der Waals surface area contributed by atoms with Crippen LogP contribution in [-0.2, 0) is 9.53 Å². The minimum atomic E-state index is -0.340. The standard InChI is InChI=1S/C12H20N2O2/c1-8-4-6-12(16-3,7-5-8)11-13-9(2)10(15)14-11/h8-9H,4-7H2,1-3H3,(H,13,14,15). The number of carbonyl (C=O) groups is 1. The van der Waals surface area contributed by atoms with Gasteiger partial charge in [0.25, 0.3) is 0 Å². The van der Waals surface area contributed by atoms with E-state index in [9.17, 15) is 4.79 Å². The molecule has 2 aliphatic rings. The highest BCUT2D eigenvalue weighted by atomic mass is 16.5. The van der Waals surface area contributed by atoms with E-state index in [2.05, 4.69) is 17.2 Å². The normalized spacial score (nSPS) is 39.4. The smallest absolute Gasteiger partial charge is 0.249 e. The van der Waals surface area contributed by atoms with E-state index in [-0.39, 0.29) is 17.6 Å². The van der Waals surface area contributed by atoms with Crippen molar-refractivity contribution < 1.29 is 9.53 Å². The Kier molecular flexibility index (Phi) is 3.02. The Morgan fingerprint density at radius 2 is 2.00 bits per heavy atom. The lowest BCUT2D eigenvalue weighted by Crippen LogP contribution is -2.49. The van der Waals surface area contributed by atoms with Gasteiger partial charge in [-0.05, 0) is 38.5 Å². The highest BCUT2D eigenvalue weighted by molar-refractivity contribution is 6.09. The molecule has 1 unspecified atom stereocenters. The van der Waals surface area contributed by atoms with Gasteiger partial charge in [-0.1, -0.05) is 6.92 Å². The van der Waals surface area contributed by atoms with Gasteiger partial charge >= 0.3 is 0 Å². The summed E-state index contributed by atoms with van der Waals surface area (Å²) in [7, 11) is 1.72. The van der Waals surface area contributed by atoms with Gasteiger partial charge in [0.1, 0.15) is 17.5 Å². The Bertz CT molecular complexity index is 317. The molecule has 0 bridgehead atoms. The van der Waals surface area contributed by atoms with Crippen molar-refractivity contribution in [1.29, 1.82) is 0 Å². The quantitative estimate of drug-likeness (QED) is 0.772. The lowest BCUT2D eigenvalue weighted by Gasteiger charge is -2.37. The van der Waals surface area contributed by atoms with Gasteiger partial charge in [0.05, 0.1) is 0 Å². The predicted octanol–water partition coefficient (Wildman–Crippen LogP) is 1.50. The van der Waals surface area contributed by atoms with E-state index in [0.717, 1.165) is 37.4 Å². The van der Waals surface area contributed by atoms with Crippen LogP contribution >= 0.6 is 0 Å². The second-order valence-electron chi connectivity index (χ2n) is 5.02. The van der Waals surface area contributed by atoms with Crippen LogP contribution in [0.1, 0.15) is 39.5 Å². The lowest BCUT2D eigenvalue weighted by molar-refractivity contribution is -0.119. The van der Waals surface area contributed by atoms with Crippen molar-refractivity contribution in [3.8, 4) is 0 Å². The average molecular weight is 224 g/mol. The van der Waals surface area contributed by atoms with Crippen molar-refractivity contribution in [2.75, 3.05) is 7.11 Å². The summed E-state index contributed by atoms with van der Waals surface area (Å²) < 4.78 is 5.66. The second-order valence-corrected chi connectivity index (χ2v) is 5.02. The number of amides is 1. The van der Waals surface area contributed by atoms with Crippen molar-refractivity contribution in [2.45, 2.75) is 51.2 Å². The SMILES string of the molecule is COC1(C2=NC(C)C(=O)N2)CCC(C)CC1. The topological polar surface area (TPSA) is 50.7 Å². The van der Waals surface area contributed by atoms with Crippen LogP contribution in [-0.4, -0.2) is 30.5 Å². The zero-order valence-electron chi connectivity index (χ0n) is 10.2. The van der Waals surface area contributed by atoms with Gasteiger partial charge < -0.3 is 10.1 Å². The van der Waals surface area contributed by atoms with Crippen LogP contribution < -0.4 is 5.32 Å². The first-order valence-electron chi connectivity index (χ1n) is 6.02. The van der Waals surface area contributed by atoms with E-state index in [1.54, 1.807) is 7.11 Å². The zero-order chi connectivity index (χ0) is 11.8. The molecule has 0 aromatic heterocycles. The minimum Gasteiger partial charge on any atom is -0.370 e. The largest absolute Gasteiger partial charge is 0.370 e. The molecule has 0 aromatic carbocycles. The minimum absolute atomic E-state index is 0.00922. The molecule has 1 fully saturated rings. The molecule has 0 spiro atoms. The molecule has 0 saturated heterocycles. The Balaban J connectivity index is 2.16. The number of methoxy groups -OCH3 is 1. The molecule has 0 radical (unpaired) electrons. The average Bonchev–Trinajstić information content (AvgIpc) is 2.61. The van der Waals surface area contributed by atoms with Gasteiger partial charge in [-0.15, -0.1) is 0 Å². The molecular formula is C12H20N2O2. The van der Waals surface area contributed by atoms with Crippen molar-refractivity contribution in [3.05, 3.63) is 0 Å². The molecule has 1 aliphatic carbocycles. The van der Waals surface area contributed by atoms with Crippen LogP contribution in [0, 0.1) is 5.92 Å². The van der Waals surface area contributed by atoms with Crippen molar-refractivity contribution >= 4 is 11.7 Å². The summed E-state index contributed by atoms with van der Waals surface area (Å²) in [5.41, 5.74) is -0.340. The maximum Gasteiger partial charge on any atom is 0.249 e. The summed E-state index contributed by atoms with van der Waals surface area (Å²) in [6.45, 7) is 4.08. The molecule has 1 atom stereocenters. The summed E-state index contributed by atoms with van der Waals surface area (Å²) in [4.78, 5) is 15.9. The number of ether oxygens (including phenoxy) is 1. The maximum absolute atomic E-state index is 11.5. The molecule has 2 rings (SSSR count). The molecule has 1 amide bonds. The van der Waals surface area contributed by atoms with Crippen molar-refractivity contribution in [2.24, 2.45) is 10.9 Å². The van der Waals surface area contributed by atoms with Gasteiger partial charge in [-0.3, -0.25) is 9.79 Å². The molecule has 1 heterocycles. The van der Waals surface area contributed by atoms with Crippen molar-refractivity contribution in [3.63, 3.8) is 0 Å². The summed E-state index contributed by atoms with van der Waals surface area (Å²) in [6, 6.07) is -0.263. The molecular weight excluding hydrogens is 204 g/mol. The third-order valence-corrected chi connectivity index (χ3v) is 3.85. The fourth-order valence-corrected chi connectivity index (χ4v) is 2.50. The van der Waals surface area contributed by atoms with Gasteiger partial charge in [-0.2, -0.15) is 0 Å². The third-order valence-electron chi connectivity index (χ3n) is 3.85. The molecule has 90 valence electrons. The number of nitrogens with one attached hydrogen (secondary N) is 1. The fourth-order valence-electron chi connectivity index (χ4n) is 2.50. The van der Waals surface area contributed by atoms with E-state index in [1.807, 2.05) is 6.92 Å². The molecule has 1 aliphatic heterocycles. The monoisotopic (exact) mass is 224 g/mol. The lowest BCUT2D eigenvalue weighted by atomic mass is 9.78. The highest BCUT2D eigenvalue weighted by Crippen LogP contribution is 2.35. The number of nitrogens with zero attached hydrogens (tertiary/aromatic N) is 1. The fraction of sp³-hybridized carbons (Fsp3) is 0.833. The van der Waals surface area contributed by atoms with Crippen LogP contribution in [0.5, 0.6) is 0 Å². The molecule has 0 aromatic rings. The molecule has 4 heteroatoms. The van der Waals surface area contributed by atoms with Gasteiger partial charge in [-0.25, -0.2) is 0 Å². The van der Waals surface area contributed by atoms with Crippen LogP contribution in [0.3, 0.4) is 0 Å². The van der Waals surface area contributed by atoms with E-state index >= 15 is 0 Å². The first-order valence-corrected chi connectivity index (χ1v) is 6.02. The van der Waals surface area contributed by atoms with E-state index < -0.39 is 0 Å². The number of hydrogen-bond donors (Lipinski definition) is 1. The number of carbonyl (C=O) groups excluding carboxylic acids is 1. The number of hydrogen-bond acceptors (Lipinski definition) is 3. The van der Waals surface area contributed by atoms with Gasteiger partial charge in [0.2, 0.25) is 5.91 Å². The van der Waals surface area contributed by atoms with Crippen LogP contribution in [0.4, 0.5) is 0 Å². The predicted molar refractivity (Wildman–Crippen MR) is 62.4 cm³/mol. The van der Waals surface area contributed by atoms with E-state index in [0.29, 0.717) is 0 Å². The highest BCUT2D eigenvalue weighted by Gasteiger charge is 2.42. The molecule has 1 saturated carbocycles. The van der Waals surface area contributed by atoms with Crippen LogP contribution in [0.2, 0.25) is 0 Å². The Morgan fingerprint density at radius 3 is 2.44 bits per heavy atom. The zero-order valence-corrected chi connectivity index (χ0v) is 10.2. The summed E-state index contributed by atoms with van der Waals surface area (Å²) in [5, 5.41) is 2.87. The second kappa shape index (κ2) is 4.17. The Morgan fingerprint density at radius 1 is 1.38 bits per heavy atom. The number of rotatable bonds is 2. The van der Waals surface area contributed by atoms with Crippen LogP contribution in [0.15, 0.2) is 4.99 Å².